The van der Waals surface area contributed by atoms with E-state index in [0.29, 0.717) is 17.1 Å². The lowest BCUT2D eigenvalue weighted by Gasteiger charge is -1.99. The summed E-state index contributed by atoms with van der Waals surface area (Å²) in [6, 6.07) is 0. The fourth-order valence-electron chi connectivity index (χ4n) is 1.30. The molecular weight excluding hydrogens is 202 g/mol. The molecule has 0 atom stereocenters. The van der Waals surface area contributed by atoms with Gasteiger partial charge in [-0.2, -0.15) is 4.98 Å². The molecule has 5 N–H and O–H groups in total. The van der Waals surface area contributed by atoms with Crippen LogP contribution in [0.5, 0.6) is 0 Å². The monoisotopic (exact) mass is 207 g/mol. The highest BCUT2D eigenvalue weighted by atomic mass is 16.6. The van der Waals surface area contributed by atoms with Gasteiger partial charge >= 0.3 is 0 Å². The fraction of sp³-hybridized carbons (Fsp3) is 0. The number of nitrogens with one attached hydrogen (secondary N) is 1. The molecule has 3 aromatic rings. The van der Waals surface area contributed by atoms with E-state index in [-0.39, 0.29) is 11.6 Å². The molecule has 0 unspecified atom stereocenters. The fourth-order valence-corrected chi connectivity index (χ4v) is 1.30. The van der Waals surface area contributed by atoms with Crippen molar-refractivity contribution in [2.24, 2.45) is 5.84 Å². The molecule has 0 aliphatic rings. The molecule has 3 rings (SSSR count). The number of anilines is 2. The first-order valence-electron chi connectivity index (χ1n) is 3.90. The topological polar surface area (TPSA) is 146 Å². The lowest BCUT2D eigenvalue weighted by atomic mass is 10.5. The normalized spacial score (nSPS) is 11.3. The predicted molar refractivity (Wildman–Crippen MR) is 48.4 cm³/mol. The van der Waals surface area contributed by atoms with Crippen LogP contribution in [-0.4, -0.2) is 29.9 Å². The number of hydrogen-bond acceptors (Lipinski definition) is 9. The van der Waals surface area contributed by atoms with Crippen LogP contribution in [0.4, 0.5) is 11.8 Å². The first-order valence-corrected chi connectivity index (χ1v) is 3.90. The summed E-state index contributed by atoms with van der Waals surface area (Å²) in [6.07, 6.45) is 0. The van der Waals surface area contributed by atoms with Crippen LogP contribution in [-0.2, 0) is 0 Å². The average molecular weight is 207 g/mol. The van der Waals surface area contributed by atoms with Gasteiger partial charge in [0.15, 0.2) is 5.82 Å². The summed E-state index contributed by atoms with van der Waals surface area (Å²) >= 11 is 0. The first-order chi connectivity index (χ1) is 7.31. The molecule has 3 aromatic heterocycles. The van der Waals surface area contributed by atoms with E-state index in [4.69, 9.17) is 11.6 Å². The van der Waals surface area contributed by atoms with Gasteiger partial charge in [0.2, 0.25) is 22.9 Å². The summed E-state index contributed by atoms with van der Waals surface area (Å²) in [4.78, 5) is 4.01. The van der Waals surface area contributed by atoms with Crippen molar-refractivity contribution in [2.75, 3.05) is 11.2 Å². The Balaban J connectivity index is 2.61. The van der Waals surface area contributed by atoms with Gasteiger partial charge in [-0.3, -0.25) is 0 Å². The molecule has 15 heavy (non-hydrogen) atoms. The van der Waals surface area contributed by atoms with Gasteiger partial charge in [-0.1, -0.05) is 0 Å². The summed E-state index contributed by atoms with van der Waals surface area (Å²) in [6.45, 7) is 0. The Kier molecular flexibility index (Phi) is 1.32. The van der Waals surface area contributed by atoms with E-state index in [1.165, 1.54) is 4.40 Å². The minimum atomic E-state index is 0.157. The minimum absolute atomic E-state index is 0.157. The molecule has 3 heterocycles. The van der Waals surface area contributed by atoms with Crippen LogP contribution < -0.4 is 17.0 Å². The summed E-state index contributed by atoms with van der Waals surface area (Å²) in [5, 5.41) is 14.7. The van der Waals surface area contributed by atoms with E-state index in [2.05, 4.69) is 35.5 Å². The highest BCUT2D eigenvalue weighted by Crippen LogP contribution is 2.18. The third kappa shape index (κ3) is 0.874. The van der Waals surface area contributed by atoms with Crippen LogP contribution in [0.15, 0.2) is 4.63 Å². The van der Waals surface area contributed by atoms with E-state index < -0.39 is 0 Å². The van der Waals surface area contributed by atoms with Gasteiger partial charge in [0.1, 0.15) is 0 Å². The molecule has 10 heteroatoms. The standard InChI is InChI=1S/C5H5N9O/c6-5-11-10-3-1(9-7)8-2-4(14(3)5)13-15-12-2/h7H2,(H2,6,11)(H,8,9,12). The Morgan fingerprint density at radius 1 is 1.20 bits per heavy atom. The zero-order valence-corrected chi connectivity index (χ0v) is 7.25. The van der Waals surface area contributed by atoms with Gasteiger partial charge < -0.3 is 11.2 Å². The largest absolute Gasteiger partial charge is 0.368 e. The second kappa shape index (κ2) is 2.51. The second-order valence-electron chi connectivity index (χ2n) is 2.73. The van der Waals surface area contributed by atoms with E-state index >= 15 is 0 Å². The molecule has 0 fully saturated rings. The molecule has 0 saturated carbocycles. The van der Waals surface area contributed by atoms with Gasteiger partial charge in [-0.25, -0.2) is 14.9 Å². The maximum absolute atomic E-state index is 5.61. The van der Waals surface area contributed by atoms with Gasteiger partial charge in [0, 0.05) is 0 Å². The van der Waals surface area contributed by atoms with Gasteiger partial charge in [-0.05, 0) is 10.3 Å². The average Bonchev–Trinajstić information content (AvgIpc) is 2.83. The summed E-state index contributed by atoms with van der Waals surface area (Å²) < 4.78 is 5.97. The predicted octanol–water partition coefficient (Wildman–Crippen LogP) is -1.47. The molecule has 0 aliphatic heterocycles. The van der Waals surface area contributed by atoms with Crippen molar-refractivity contribution in [2.45, 2.75) is 0 Å². The lowest BCUT2D eigenvalue weighted by Crippen LogP contribution is -2.11. The Labute approximate surface area is 81.2 Å². The number of aromatic nitrogens is 6. The van der Waals surface area contributed by atoms with Crippen molar-refractivity contribution >= 4 is 28.7 Å². The van der Waals surface area contributed by atoms with Crippen molar-refractivity contribution in [3.63, 3.8) is 0 Å². The third-order valence-corrected chi connectivity index (χ3v) is 1.92. The van der Waals surface area contributed by atoms with E-state index in [0.717, 1.165) is 0 Å². The number of nitrogen functional groups attached to an aromatic ring is 2. The number of rotatable bonds is 1. The van der Waals surface area contributed by atoms with Crippen molar-refractivity contribution in [3.8, 4) is 0 Å². The Morgan fingerprint density at radius 2 is 2.07 bits per heavy atom. The molecule has 76 valence electrons. The van der Waals surface area contributed by atoms with Crippen LogP contribution in [0.25, 0.3) is 16.9 Å². The maximum atomic E-state index is 5.61. The number of hydrogen-bond donors (Lipinski definition) is 3. The first kappa shape index (κ1) is 7.87. The second-order valence-corrected chi connectivity index (χ2v) is 2.73. The van der Waals surface area contributed by atoms with E-state index in [1.54, 1.807) is 0 Å². The van der Waals surface area contributed by atoms with Crippen molar-refractivity contribution in [1.29, 1.82) is 0 Å². The molecule has 0 bridgehead atoms. The maximum Gasteiger partial charge on any atom is 0.244 e. The molecule has 0 amide bonds. The number of fused-ring (bicyclic) bond motifs is 3. The van der Waals surface area contributed by atoms with Gasteiger partial charge in [0.05, 0.1) is 0 Å². The van der Waals surface area contributed by atoms with Crippen LogP contribution in [0.3, 0.4) is 0 Å². The Bertz CT molecular complexity index is 638. The zero-order chi connectivity index (χ0) is 10.4. The van der Waals surface area contributed by atoms with Crippen LogP contribution in [0.2, 0.25) is 0 Å². The van der Waals surface area contributed by atoms with Crippen molar-refractivity contribution in [3.05, 3.63) is 0 Å². The van der Waals surface area contributed by atoms with Crippen LogP contribution in [0.1, 0.15) is 0 Å². The summed E-state index contributed by atoms with van der Waals surface area (Å²) in [7, 11) is 0. The lowest BCUT2D eigenvalue weighted by molar-refractivity contribution is 0.314. The van der Waals surface area contributed by atoms with Crippen molar-refractivity contribution in [1.82, 2.24) is 29.9 Å². The quantitative estimate of drug-likeness (QED) is 0.321. The zero-order valence-electron chi connectivity index (χ0n) is 7.25. The highest BCUT2D eigenvalue weighted by molar-refractivity contribution is 5.77. The molecule has 0 saturated heterocycles. The molecule has 0 radical (unpaired) electrons. The third-order valence-electron chi connectivity index (χ3n) is 1.92. The van der Waals surface area contributed by atoms with Crippen LogP contribution in [0, 0.1) is 0 Å². The van der Waals surface area contributed by atoms with Crippen molar-refractivity contribution < 1.29 is 4.63 Å². The number of nitrogens with two attached hydrogens (primary N) is 2. The van der Waals surface area contributed by atoms with E-state index in [9.17, 15) is 0 Å². The summed E-state index contributed by atoms with van der Waals surface area (Å²) in [5.41, 5.74) is 8.94. The SMILES string of the molecule is NNc1nc2nonc2n2c(N)nnc12. The Hall–Kier alpha value is -2.49. The molecular formula is C5H5N9O. The molecule has 0 aromatic carbocycles. The molecule has 0 aliphatic carbocycles. The van der Waals surface area contributed by atoms with Crippen LogP contribution >= 0.6 is 0 Å². The summed E-state index contributed by atoms with van der Waals surface area (Å²) in [5.74, 6) is 5.72. The van der Waals surface area contributed by atoms with E-state index in [1.807, 2.05) is 0 Å². The Morgan fingerprint density at radius 3 is 2.87 bits per heavy atom. The van der Waals surface area contributed by atoms with Gasteiger partial charge in [0.25, 0.3) is 0 Å². The molecule has 0 spiro atoms. The minimum Gasteiger partial charge on any atom is -0.368 e. The van der Waals surface area contributed by atoms with Gasteiger partial charge in [-0.15, -0.1) is 10.2 Å². The highest BCUT2D eigenvalue weighted by Gasteiger charge is 2.16. The molecule has 10 nitrogen and oxygen atoms in total. The number of hydrazine groups is 1. The smallest absolute Gasteiger partial charge is 0.244 e. The number of nitrogens with zero attached hydrogens (tertiary/aromatic N) is 6.